The first-order valence-corrected chi connectivity index (χ1v) is 10.4. The van der Waals surface area contributed by atoms with Crippen molar-refractivity contribution in [3.05, 3.63) is 29.3 Å². The van der Waals surface area contributed by atoms with Crippen molar-refractivity contribution in [1.29, 1.82) is 0 Å². The molecule has 27 heavy (non-hydrogen) atoms. The third-order valence-electron chi connectivity index (χ3n) is 5.05. The number of methoxy groups -OCH3 is 1. The van der Waals surface area contributed by atoms with Crippen LogP contribution in [-0.4, -0.2) is 44.5 Å². The summed E-state index contributed by atoms with van der Waals surface area (Å²) in [5, 5.41) is 0. The summed E-state index contributed by atoms with van der Waals surface area (Å²) in [5.74, 6) is 1.74. The summed E-state index contributed by atoms with van der Waals surface area (Å²) in [7, 11) is 3.70. The van der Waals surface area contributed by atoms with Crippen molar-refractivity contribution in [2.24, 2.45) is 0 Å². The molecule has 0 aromatic heterocycles. The van der Waals surface area contributed by atoms with E-state index in [9.17, 15) is 4.79 Å². The second-order valence-electron chi connectivity index (χ2n) is 7.46. The van der Waals surface area contributed by atoms with E-state index in [0.29, 0.717) is 19.6 Å². The molecule has 0 N–H and O–H groups in total. The number of likely N-dealkylation sites (tertiary alicyclic amines) is 1. The van der Waals surface area contributed by atoms with Gasteiger partial charge in [0.2, 0.25) is 0 Å². The van der Waals surface area contributed by atoms with Gasteiger partial charge < -0.3 is 14.4 Å². The maximum Gasteiger partial charge on any atom is 0.161 e. The van der Waals surface area contributed by atoms with Gasteiger partial charge in [-0.2, -0.15) is 0 Å². The van der Waals surface area contributed by atoms with Gasteiger partial charge in [0.05, 0.1) is 13.7 Å². The lowest BCUT2D eigenvalue weighted by Crippen LogP contribution is -2.32. The molecule has 2 rings (SSSR count). The third kappa shape index (κ3) is 7.37. The van der Waals surface area contributed by atoms with E-state index in [1.165, 1.54) is 38.5 Å². The Bertz CT molecular complexity index is 624. The number of carbonyl (C=O) groups excluding carboxylic acids is 1. The first-order valence-electron chi connectivity index (χ1n) is 10.4. The fourth-order valence-corrected chi connectivity index (χ4v) is 3.37. The van der Waals surface area contributed by atoms with Crippen LogP contribution in [0.5, 0.6) is 11.5 Å². The molecule has 4 nitrogen and oxygen atoms in total. The second-order valence-corrected chi connectivity index (χ2v) is 7.46. The minimum absolute atomic E-state index is 0.242. The van der Waals surface area contributed by atoms with Gasteiger partial charge in [-0.05, 0) is 37.2 Å². The van der Waals surface area contributed by atoms with Crippen LogP contribution >= 0.6 is 0 Å². The zero-order valence-corrected chi connectivity index (χ0v) is 17.3. The molecule has 0 spiro atoms. The molecule has 0 radical (unpaired) electrons. The van der Waals surface area contributed by atoms with Gasteiger partial charge in [-0.15, -0.1) is 0 Å². The summed E-state index contributed by atoms with van der Waals surface area (Å²) >= 11 is 0. The Hall–Kier alpha value is -1.81. The SMILES string of the molecule is CCCCCCCCCOc1ccc(/C=C2\CN(C)CCC2=O)cc1OC. The summed E-state index contributed by atoms with van der Waals surface area (Å²) in [5.41, 5.74) is 1.84. The number of ketones is 1. The number of carbonyl (C=O) groups is 1. The summed E-state index contributed by atoms with van der Waals surface area (Å²) in [6, 6.07) is 5.90. The average molecular weight is 374 g/mol. The molecule has 1 aliphatic rings. The zero-order chi connectivity index (χ0) is 19.5. The number of unbranched alkanes of at least 4 members (excludes halogenated alkanes) is 6. The molecule has 150 valence electrons. The Morgan fingerprint density at radius 3 is 2.56 bits per heavy atom. The normalized spacial score (nSPS) is 16.7. The quantitative estimate of drug-likeness (QED) is 0.399. The standard InChI is InChI=1S/C23H35NO3/c1-4-5-6-7-8-9-10-15-27-22-12-11-19(17-23(22)26-3)16-20-18-24(2)14-13-21(20)25/h11-12,16-17H,4-10,13-15,18H2,1-3H3/b20-16+. The highest BCUT2D eigenvalue weighted by Crippen LogP contribution is 2.29. The maximum absolute atomic E-state index is 12.1. The Morgan fingerprint density at radius 2 is 1.81 bits per heavy atom. The van der Waals surface area contributed by atoms with Crippen LogP contribution in [0.15, 0.2) is 23.8 Å². The van der Waals surface area contributed by atoms with Gasteiger partial charge >= 0.3 is 0 Å². The molecule has 1 aromatic rings. The summed E-state index contributed by atoms with van der Waals surface area (Å²) in [6.07, 6.45) is 11.5. The van der Waals surface area contributed by atoms with Crippen LogP contribution in [0.2, 0.25) is 0 Å². The summed E-state index contributed by atoms with van der Waals surface area (Å²) < 4.78 is 11.4. The third-order valence-corrected chi connectivity index (χ3v) is 5.05. The van der Waals surface area contributed by atoms with Crippen LogP contribution in [0.3, 0.4) is 0 Å². The number of rotatable bonds is 11. The van der Waals surface area contributed by atoms with Gasteiger partial charge in [0, 0.05) is 25.1 Å². The van der Waals surface area contributed by atoms with Crippen LogP contribution in [0.4, 0.5) is 0 Å². The van der Waals surface area contributed by atoms with Gasteiger partial charge in [0.1, 0.15) is 0 Å². The van der Waals surface area contributed by atoms with E-state index in [2.05, 4.69) is 11.8 Å². The van der Waals surface area contributed by atoms with Gasteiger partial charge in [-0.3, -0.25) is 4.79 Å². The van der Waals surface area contributed by atoms with E-state index < -0.39 is 0 Å². The molecular weight excluding hydrogens is 338 g/mol. The molecular formula is C23H35NO3. The molecule has 1 saturated heterocycles. The number of Topliss-reactive ketones (excluding diaryl/α,β-unsaturated/α-hetero) is 1. The fourth-order valence-electron chi connectivity index (χ4n) is 3.37. The van der Waals surface area contributed by atoms with Gasteiger partial charge in [0.25, 0.3) is 0 Å². The maximum atomic E-state index is 12.1. The van der Waals surface area contributed by atoms with E-state index in [1.54, 1.807) is 7.11 Å². The molecule has 1 aliphatic heterocycles. The molecule has 1 aromatic carbocycles. The molecule has 1 heterocycles. The first-order chi connectivity index (χ1) is 13.1. The number of ether oxygens (including phenoxy) is 2. The van der Waals surface area contributed by atoms with E-state index in [4.69, 9.17) is 9.47 Å². The van der Waals surface area contributed by atoms with Crippen molar-refractivity contribution in [1.82, 2.24) is 4.90 Å². The number of likely N-dealkylation sites (N-methyl/N-ethyl adjacent to an activating group) is 1. The average Bonchev–Trinajstić information content (AvgIpc) is 2.67. The van der Waals surface area contributed by atoms with Crippen LogP contribution in [0.1, 0.15) is 63.9 Å². The molecule has 4 heteroatoms. The topological polar surface area (TPSA) is 38.8 Å². The van der Waals surface area contributed by atoms with Crippen LogP contribution in [0.25, 0.3) is 6.08 Å². The zero-order valence-electron chi connectivity index (χ0n) is 17.3. The number of hydrogen-bond donors (Lipinski definition) is 0. The lowest BCUT2D eigenvalue weighted by Gasteiger charge is -2.23. The van der Waals surface area contributed by atoms with Crippen molar-refractivity contribution in [3.63, 3.8) is 0 Å². The van der Waals surface area contributed by atoms with E-state index >= 15 is 0 Å². The number of piperidine rings is 1. The van der Waals surface area contributed by atoms with Crippen LogP contribution < -0.4 is 9.47 Å². The number of nitrogens with zero attached hydrogens (tertiary/aromatic N) is 1. The molecule has 1 fully saturated rings. The first kappa shape index (κ1) is 21.5. The van der Waals surface area contributed by atoms with E-state index in [0.717, 1.165) is 35.6 Å². The van der Waals surface area contributed by atoms with Gasteiger partial charge in [0.15, 0.2) is 17.3 Å². The minimum atomic E-state index is 0.242. The highest BCUT2D eigenvalue weighted by molar-refractivity contribution is 6.00. The van der Waals surface area contributed by atoms with Gasteiger partial charge in [-0.1, -0.05) is 51.5 Å². The lowest BCUT2D eigenvalue weighted by molar-refractivity contribution is -0.117. The molecule has 0 amide bonds. The van der Waals surface area contributed by atoms with Crippen molar-refractivity contribution in [2.75, 3.05) is 33.9 Å². The highest BCUT2D eigenvalue weighted by Gasteiger charge is 2.18. The van der Waals surface area contributed by atoms with Crippen LogP contribution in [0, 0.1) is 0 Å². The van der Waals surface area contributed by atoms with Crippen molar-refractivity contribution in [3.8, 4) is 11.5 Å². The minimum Gasteiger partial charge on any atom is -0.493 e. The Kier molecular flexibility index (Phi) is 9.40. The molecule has 0 unspecified atom stereocenters. The van der Waals surface area contributed by atoms with Crippen molar-refractivity contribution >= 4 is 11.9 Å². The van der Waals surface area contributed by atoms with Gasteiger partial charge in [-0.25, -0.2) is 0 Å². The smallest absolute Gasteiger partial charge is 0.161 e. The monoisotopic (exact) mass is 373 g/mol. The second kappa shape index (κ2) is 11.8. The highest BCUT2D eigenvalue weighted by atomic mass is 16.5. The van der Waals surface area contributed by atoms with Crippen molar-refractivity contribution in [2.45, 2.75) is 58.3 Å². The number of benzene rings is 1. The summed E-state index contributed by atoms with van der Waals surface area (Å²) in [4.78, 5) is 14.3. The lowest BCUT2D eigenvalue weighted by atomic mass is 10.0. The Balaban J connectivity index is 1.85. The number of hydrogen-bond acceptors (Lipinski definition) is 4. The van der Waals surface area contributed by atoms with Crippen LogP contribution in [-0.2, 0) is 4.79 Å². The molecule has 0 aliphatic carbocycles. The molecule has 0 atom stereocenters. The predicted molar refractivity (Wildman–Crippen MR) is 112 cm³/mol. The Labute approximate surface area is 164 Å². The fraction of sp³-hybridized carbons (Fsp3) is 0.609. The van der Waals surface area contributed by atoms with E-state index in [1.807, 2.05) is 31.3 Å². The Morgan fingerprint density at radius 1 is 1.07 bits per heavy atom. The van der Waals surface area contributed by atoms with Crippen molar-refractivity contribution < 1.29 is 14.3 Å². The summed E-state index contributed by atoms with van der Waals surface area (Å²) in [6.45, 7) is 4.50. The molecule has 0 saturated carbocycles. The van der Waals surface area contributed by atoms with E-state index in [-0.39, 0.29) is 5.78 Å². The molecule has 0 bridgehead atoms. The predicted octanol–water partition coefficient (Wildman–Crippen LogP) is 5.11. The largest absolute Gasteiger partial charge is 0.493 e.